The number of fused-ring (bicyclic) bond motifs is 1. The van der Waals surface area contributed by atoms with Crippen LogP contribution < -0.4 is 19.8 Å². The van der Waals surface area contributed by atoms with Crippen molar-refractivity contribution in [1.29, 1.82) is 0 Å². The van der Waals surface area contributed by atoms with Crippen LogP contribution in [0.15, 0.2) is 42.7 Å². The Kier molecular flexibility index (Phi) is 6.47. The second-order valence-electron chi connectivity index (χ2n) is 8.12. The lowest BCUT2D eigenvalue weighted by Gasteiger charge is -2.20. The molecule has 0 atom stereocenters. The average Bonchev–Trinajstić information content (AvgIpc) is 3.09. The Bertz CT molecular complexity index is 1430. The van der Waals surface area contributed by atoms with Crippen LogP contribution in [0.4, 0.5) is 42.1 Å². The van der Waals surface area contributed by atoms with E-state index in [4.69, 9.17) is 0 Å². The molecule has 1 aromatic carbocycles. The molecule has 10 nitrogen and oxygen atoms in total. The first-order chi connectivity index (χ1) is 16.8. The molecule has 36 heavy (non-hydrogen) atoms. The molecule has 0 saturated heterocycles. The number of halogens is 3. The summed E-state index contributed by atoms with van der Waals surface area (Å²) in [5, 5.41) is 5.51. The zero-order valence-electron chi connectivity index (χ0n) is 19.5. The monoisotopic (exact) mass is 521 g/mol. The average molecular weight is 522 g/mol. The highest BCUT2D eigenvalue weighted by molar-refractivity contribution is 7.92. The predicted molar refractivity (Wildman–Crippen MR) is 129 cm³/mol. The Morgan fingerprint density at radius 1 is 1.19 bits per heavy atom. The molecule has 1 aliphatic rings. The predicted octanol–water partition coefficient (Wildman–Crippen LogP) is 3.16. The van der Waals surface area contributed by atoms with E-state index in [9.17, 15) is 26.4 Å². The Morgan fingerprint density at radius 2 is 1.94 bits per heavy atom. The molecule has 190 valence electrons. The minimum atomic E-state index is -4.74. The number of hydrogen-bond donors (Lipinski definition) is 2. The minimum Gasteiger partial charge on any atom is -0.365 e. The highest BCUT2D eigenvalue weighted by Crippen LogP contribution is 2.35. The number of benzene rings is 1. The molecule has 3 aromatic rings. The van der Waals surface area contributed by atoms with Gasteiger partial charge in [-0.25, -0.2) is 18.4 Å². The third-order valence-electron chi connectivity index (χ3n) is 5.62. The molecular formula is C22H22F3N7O3S. The van der Waals surface area contributed by atoms with E-state index in [0.29, 0.717) is 17.4 Å². The smallest absolute Gasteiger partial charge is 0.365 e. The molecule has 1 amide bonds. The highest BCUT2D eigenvalue weighted by Gasteiger charge is 2.35. The summed E-state index contributed by atoms with van der Waals surface area (Å²) < 4.78 is 65.7. The van der Waals surface area contributed by atoms with Crippen molar-refractivity contribution in [2.75, 3.05) is 40.2 Å². The number of alkyl halides is 3. The first kappa shape index (κ1) is 25.2. The van der Waals surface area contributed by atoms with Gasteiger partial charge in [0.2, 0.25) is 21.9 Å². The van der Waals surface area contributed by atoms with Crippen molar-refractivity contribution in [3.05, 3.63) is 59.4 Å². The molecule has 0 fully saturated rings. The third kappa shape index (κ3) is 5.17. The van der Waals surface area contributed by atoms with Crippen LogP contribution in [0.2, 0.25) is 0 Å². The second-order valence-corrected chi connectivity index (χ2v) is 10.1. The van der Waals surface area contributed by atoms with Crippen molar-refractivity contribution in [3.63, 3.8) is 0 Å². The van der Waals surface area contributed by atoms with Crippen molar-refractivity contribution in [2.24, 2.45) is 0 Å². The van der Waals surface area contributed by atoms with Crippen molar-refractivity contribution in [1.82, 2.24) is 15.0 Å². The molecular weight excluding hydrogens is 499 g/mol. The number of likely N-dealkylation sites (N-methyl/N-ethyl adjacent to an activating group) is 1. The molecule has 0 aliphatic carbocycles. The molecule has 0 saturated carbocycles. The molecule has 0 radical (unpaired) electrons. The SMILES string of the molecule is CN1C(=O)Cc2cc(Nc3ncc(C(F)(F)F)c(NCc4cccnc4N(C)S(C)(=O)=O)n3)ccc21. The zero-order valence-corrected chi connectivity index (χ0v) is 20.3. The summed E-state index contributed by atoms with van der Waals surface area (Å²) in [5.41, 5.74) is 1.30. The van der Waals surface area contributed by atoms with Gasteiger partial charge >= 0.3 is 6.18 Å². The maximum Gasteiger partial charge on any atom is 0.421 e. The molecule has 3 heterocycles. The first-order valence-electron chi connectivity index (χ1n) is 10.6. The van der Waals surface area contributed by atoms with Gasteiger partial charge in [0.15, 0.2) is 0 Å². The summed E-state index contributed by atoms with van der Waals surface area (Å²) in [6.07, 6.45) is -1.47. The molecule has 0 bridgehead atoms. The number of nitrogens with one attached hydrogen (secondary N) is 2. The van der Waals surface area contributed by atoms with Crippen molar-refractivity contribution in [2.45, 2.75) is 19.1 Å². The lowest BCUT2D eigenvalue weighted by atomic mass is 10.1. The lowest BCUT2D eigenvalue weighted by molar-refractivity contribution is -0.137. The van der Waals surface area contributed by atoms with Crippen molar-refractivity contribution < 1.29 is 26.4 Å². The van der Waals surface area contributed by atoms with Gasteiger partial charge in [0.25, 0.3) is 0 Å². The van der Waals surface area contributed by atoms with E-state index in [1.54, 1.807) is 37.4 Å². The Labute approximate surface area is 205 Å². The Hall–Kier alpha value is -3.94. The molecule has 2 N–H and O–H groups in total. The summed E-state index contributed by atoms with van der Waals surface area (Å²) in [5.74, 6) is -0.572. The number of nitrogens with zero attached hydrogens (tertiary/aromatic N) is 5. The second kappa shape index (κ2) is 9.26. The van der Waals surface area contributed by atoms with Gasteiger partial charge in [0, 0.05) is 50.0 Å². The van der Waals surface area contributed by atoms with Gasteiger partial charge in [0.05, 0.1) is 12.7 Å². The van der Waals surface area contributed by atoms with E-state index in [0.717, 1.165) is 21.8 Å². The number of rotatable bonds is 7. The van der Waals surface area contributed by atoms with E-state index >= 15 is 0 Å². The fourth-order valence-electron chi connectivity index (χ4n) is 3.65. The third-order valence-corrected chi connectivity index (χ3v) is 6.78. The number of hydrogen-bond acceptors (Lipinski definition) is 8. The Balaban J connectivity index is 1.61. The van der Waals surface area contributed by atoms with Crippen LogP contribution in [-0.4, -0.2) is 49.6 Å². The number of sulfonamides is 1. The molecule has 14 heteroatoms. The standard InChI is InChI=1S/C22H22F3N7O3S/c1-31-17-7-6-15(9-14(17)10-18(31)33)29-21-28-12-16(22(23,24)25)19(30-21)27-11-13-5-4-8-26-20(13)32(2)36(3,34)35/h4-9,12H,10-11H2,1-3H3,(H2,27,28,29,30). The molecule has 1 aliphatic heterocycles. The van der Waals surface area contributed by atoms with E-state index in [1.165, 1.54) is 18.1 Å². The fraction of sp³-hybridized carbons (Fsp3) is 0.273. The maximum absolute atomic E-state index is 13.6. The van der Waals surface area contributed by atoms with Gasteiger partial charge in [0.1, 0.15) is 17.2 Å². The molecule has 0 spiro atoms. The summed E-state index contributed by atoms with van der Waals surface area (Å²) in [4.78, 5) is 25.3. The maximum atomic E-state index is 13.6. The largest absolute Gasteiger partial charge is 0.421 e. The first-order valence-corrected chi connectivity index (χ1v) is 12.4. The topological polar surface area (TPSA) is 120 Å². The van der Waals surface area contributed by atoms with Crippen LogP contribution in [0.1, 0.15) is 16.7 Å². The van der Waals surface area contributed by atoms with Crippen LogP contribution in [-0.2, 0) is 34.0 Å². The number of aromatic nitrogens is 3. The number of pyridine rings is 1. The van der Waals surface area contributed by atoms with Crippen LogP contribution in [0.5, 0.6) is 0 Å². The van der Waals surface area contributed by atoms with Gasteiger partial charge in [-0.3, -0.25) is 9.10 Å². The van der Waals surface area contributed by atoms with Gasteiger partial charge in [-0.1, -0.05) is 6.07 Å². The summed E-state index contributed by atoms with van der Waals surface area (Å²) in [6, 6.07) is 8.21. The van der Waals surface area contributed by atoms with E-state index in [-0.39, 0.29) is 30.6 Å². The normalized spacial score (nSPS) is 13.5. The quantitative estimate of drug-likeness (QED) is 0.487. The molecule has 0 unspecified atom stereocenters. The number of anilines is 5. The molecule has 4 rings (SSSR count). The summed E-state index contributed by atoms with van der Waals surface area (Å²) >= 11 is 0. The van der Waals surface area contributed by atoms with Crippen LogP contribution >= 0.6 is 0 Å². The van der Waals surface area contributed by atoms with E-state index in [1.807, 2.05) is 0 Å². The van der Waals surface area contributed by atoms with Crippen molar-refractivity contribution >= 4 is 44.9 Å². The molecule has 2 aromatic heterocycles. The van der Waals surface area contributed by atoms with Gasteiger partial charge in [-0.05, 0) is 29.8 Å². The van der Waals surface area contributed by atoms with Crippen molar-refractivity contribution in [3.8, 4) is 0 Å². The van der Waals surface area contributed by atoms with Crippen LogP contribution in [0, 0.1) is 0 Å². The fourth-order valence-corrected chi connectivity index (χ4v) is 4.13. The highest BCUT2D eigenvalue weighted by atomic mass is 32.2. The van der Waals surface area contributed by atoms with E-state index in [2.05, 4.69) is 25.6 Å². The van der Waals surface area contributed by atoms with Gasteiger partial charge < -0.3 is 15.5 Å². The number of carbonyl (C=O) groups excluding carboxylic acids is 1. The number of amides is 1. The van der Waals surface area contributed by atoms with Crippen LogP contribution in [0.3, 0.4) is 0 Å². The Morgan fingerprint density at radius 3 is 2.64 bits per heavy atom. The van der Waals surface area contributed by atoms with E-state index < -0.39 is 27.6 Å². The summed E-state index contributed by atoms with van der Waals surface area (Å²) in [7, 11) is -0.673. The van der Waals surface area contributed by atoms with Crippen LogP contribution in [0.25, 0.3) is 0 Å². The number of carbonyl (C=O) groups is 1. The summed E-state index contributed by atoms with van der Waals surface area (Å²) in [6.45, 7) is -0.185. The minimum absolute atomic E-state index is 0.0595. The lowest BCUT2D eigenvalue weighted by Crippen LogP contribution is -2.27. The zero-order chi connectivity index (χ0) is 26.3. The van der Waals surface area contributed by atoms with Gasteiger partial charge in [-0.2, -0.15) is 18.2 Å². The van der Waals surface area contributed by atoms with Gasteiger partial charge in [-0.15, -0.1) is 0 Å².